The third-order valence-corrected chi connectivity index (χ3v) is 4.83. The number of amides is 2. The van der Waals surface area contributed by atoms with Gasteiger partial charge in [-0.2, -0.15) is 11.8 Å². The van der Waals surface area contributed by atoms with E-state index in [1.54, 1.807) is 0 Å². The smallest absolute Gasteiger partial charge is 0.327 e. The average Bonchev–Trinajstić information content (AvgIpc) is 2.46. The van der Waals surface area contributed by atoms with E-state index in [-0.39, 0.29) is 35.7 Å². The number of rotatable bonds is 12. The fourth-order valence-electron chi connectivity index (χ4n) is 2.00. The highest BCUT2D eigenvalue weighted by Crippen LogP contribution is 2.21. The molecule has 158 valence electrons. The Labute approximate surface area is 167 Å². The number of hydrogen-bond donors (Lipinski definition) is 3. The van der Waals surface area contributed by atoms with Crippen molar-refractivity contribution in [3.8, 4) is 0 Å². The van der Waals surface area contributed by atoms with E-state index in [4.69, 9.17) is 4.74 Å². The molecular weight excluding hydrogens is 368 g/mol. The maximum Gasteiger partial charge on any atom is 0.327 e. The van der Waals surface area contributed by atoms with Crippen molar-refractivity contribution in [1.29, 1.82) is 0 Å². The van der Waals surface area contributed by atoms with Crippen LogP contribution in [0.25, 0.3) is 0 Å². The summed E-state index contributed by atoms with van der Waals surface area (Å²) in [5.41, 5.74) is 0.0444. The third-order valence-electron chi connectivity index (χ3n) is 3.19. The minimum Gasteiger partial charge on any atom is -0.480 e. The second-order valence-electron chi connectivity index (χ2n) is 8.98. The quantitative estimate of drug-likeness (QED) is 0.431. The lowest BCUT2D eigenvalue weighted by molar-refractivity contribution is -0.141. The van der Waals surface area contributed by atoms with E-state index < -0.39 is 12.0 Å². The van der Waals surface area contributed by atoms with E-state index in [1.807, 2.05) is 20.8 Å². The molecule has 0 fully saturated rings. The van der Waals surface area contributed by atoms with Crippen LogP contribution in [-0.2, 0) is 19.1 Å². The normalized spacial score (nSPS) is 13.1. The number of ether oxygens (including phenoxy) is 1. The summed E-state index contributed by atoms with van der Waals surface area (Å²) < 4.78 is 5.32. The van der Waals surface area contributed by atoms with Gasteiger partial charge in [0.25, 0.3) is 0 Å². The van der Waals surface area contributed by atoms with Crippen LogP contribution < -0.4 is 10.6 Å². The molecule has 0 bridgehead atoms. The Hall–Kier alpha value is -1.28. The number of carbonyl (C=O) groups is 3. The first kappa shape index (κ1) is 25.7. The molecule has 7 nitrogen and oxygen atoms in total. The largest absolute Gasteiger partial charge is 0.480 e. The van der Waals surface area contributed by atoms with Crippen LogP contribution in [0.1, 0.15) is 54.4 Å². The summed E-state index contributed by atoms with van der Waals surface area (Å²) in [7, 11) is 0. The molecule has 0 rings (SSSR count). The molecule has 0 heterocycles. The molecule has 0 aliphatic rings. The van der Waals surface area contributed by atoms with Gasteiger partial charge in [-0.05, 0) is 16.6 Å². The van der Waals surface area contributed by atoms with E-state index in [9.17, 15) is 19.5 Å². The van der Waals surface area contributed by atoms with Gasteiger partial charge in [-0.25, -0.2) is 4.79 Å². The number of carboxylic acids is 1. The average molecular weight is 405 g/mol. The maximum atomic E-state index is 11.9. The van der Waals surface area contributed by atoms with Crippen molar-refractivity contribution in [2.24, 2.45) is 10.8 Å². The Morgan fingerprint density at radius 2 is 1.63 bits per heavy atom. The van der Waals surface area contributed by atoms with Gasteiger partial charge in [0, 0.05) is 25.1 Å². The predicted octanol–water partition coefficient (Wildman–Crippen LogP) is 2.29. The fourth-order valence-corrected chi connectivity index (χ4v) is 3.19. The summed E-state index contributed by atoms with van der Waals surface area (Å²) in [6.07, 6.45) is 0.531. The maximum absolute atomic E-state index is 11.9. The minimum absolute atomic E-state index is 0.0269. The van der Waals surface area contributed by atoms with Crippen molar-refractivity contribution >= 4 is 29.5 Å². The zero-order chi connectivity index (χ0) is 21.1. The van der Waals surface area contributed by atoms with E-state index in [1.165, 1.54) is 11.8 Å². The van der Waals surface area contributed by atoms with Crippen LogP contribution >= 0.6 is 11.8 Å². The van der Waals surface area contributed by atoms with Crippen molar-refractivity contribution in [2.75, 3.05) is 31.3 Å². The molecule has 3 N–H and O–H groups in total. The van der Waals surface area contributed by atoms with Crippen LogP contribution in [0.4, 0.5) is 0 Å². The van der Waals surface area contributed by atoms with Crippen LogP contribution in [0.2, 0.25) is 0 Å². The van der Waals surface area contributed by atoms with Crippen molar-refractivity contribution in [1.82, 2.24) is 10.6 Å². The Morgan fingerprint density at radius 1 is 1.00 bits per heavy atom. The summed E-state index contributed by atoms with van der Waals surface area (Å²) in [5.74, 6) is -0.265. The topological polar surface area (TPSA) is 105 Å². The third kappa shape index (κ3) is 16.6. The van der Waals surface area contributed by atoms with Gasteiger partial charge in [-0.15, -0.1) is 0 Å². The zero-order valence-corrected chi connectivity index (χ0v) is 18.3. The van der Waals surface area contributed by atoms with Gasteiger partial charge in [-0.1, -0.05) is 41.5 Å². The lowest BCUT2D eigenvalue weighted by Gasteiger charge is -2.20. The summed E-state index contributed by atoms with van der Waals surface area (Å²) in [5, 5.41) is 14.5. The van der Waals surface area contributed by atoms with E-state index in [0.717, 1.165) is 5.75 Å². The first-order valence-electron chi connectivity index (χ1n) is 9.24. The van der Waals surface area contributed by atoms with Gasteiger partial charge < -0.3 is 20.5 Å². The monoisotopic (exact) mass is 404 g/mol. The molecule has 0 aliphatic carbocycles. The van der Waals surface area contributed by atoms with Crippen LogP contribution in [0.15, 0.2) is 0 Å². The first-order chi connectivity index (χ1) is 12.3. The molecule has 0 radical (unpaired) electrons. The highest BCUT2D eigenvalue weighted by molar-refractivity contribution is 7.99. The molecule has 0 aromatic heterocycles. The van der Waals surface area contributed by atoms with Gasteiger partial charge in [0.15, 0.2) is 0 Å². The molecule has 0 aromatic rings. The van der Waals surface area contributed by atoms with Gasteiger partial charge in [-0.3, -0.25) is 9.59 Å². The summed E-state index contributed by atoms with van der Waals surface area (Å²) in [6, 6.07) is -0.901. The van der Waals surface area contributed by atoms with E-state index >= 15 is 0 Å². The molecule has 8 heteroatoms. The van der Waals surface area contributed by atoms with Crippen molar-refractivity contribution in [3.63, 3.8) is 0 Å². The number of thioether (sulfide) groups is 1. The number of carbonyl (C=O) groups excluding carboxylic acids is 2. The molecule has 0 spiro atoms. The van der Waals surface area contributed by atoms with Gasteiger partial charge in [0.05, 0.1) is 13.2 Å². The molecule has 0 aliphatic heterocycles. The number of aliphatic carboxylic acids is 1. The zero-order valence-electron chi connectivity index (χ0n) is 17.5. The first-order valence-corrected chi connectivity index (χ1v) is 10.4. The number of carboxylic acid groups (broad SMARTS) is 1. The summed E-state index contributed by atoms with van der Waals surface area (Å²) in [4.78, 5) is 34.8. The van der Waals surface area contributed by atoms with Gasteiger partial charge >= 0.3 is 5.97 Å². The highest BCUT2D eigenvalue weighted by Gasteiger charge is 2.21. The Balaban J connectivity index is 3.93. The lowest BCUT2D eigenvalue weighted by atomic mass is 9.92. The molecule has 0 saturated heterocycles. The molecule has 0 unspecified atom stereocenters. The molecule has 1 atom stereocenters. The number of nitrogens with one attached hydrogen (secondary N) is 2. The molecule has 2 amide bonds. The summed E-state index contributed by atoms with van der Waals surface area (Å²) in [6.45, 7) is 13.1. The van der Waals surface area contributed by atoms with Gasteiger partial charge in [0.1, 0.15) is 6.04 Å². The van der Waals surface area contributed by atoms with Crippen molar-refractivity contribution in [2.45, 2.75) is 60.4 Å². The molecule has 0 saturated carbocycles. The minimum atomic E-state index is -1.03. The fraction of sp³-hybridized carbons (Fsp3) is 0.842. The second kappa shape index (κ2) is 12.2. The van der Waals surface area contributed by atoms with Crippen LogP contribution in [0.3, 0.4) is 0 Å². The van der Waals surface area contributed by atoms with Crippen molar-refractivity contribution < 1.29 is 24.2 Å². The Kier molecular flexibility index (Phi) is 11.7. The van der Waals surface area contributed by atoms with Gasteiger partial charge in [0.2, 0.25) is 11.8 Å². The molecule has 0 aromatic carbocycles. The molecular formula is C19H36N2O5S. The standard InChI is InChI=1S/C19H36N2O5S/c1-18(2,3)11-16(23)20-8-10-26-9-7-15(22)21-14(17(24)25)12-27-13-19(4,5)6/h14H,7-13H2,1-6H3,(H,20,23)(H,21,22)(H,24,25)/t14-/m0/s1. The van der Waals surface area contributed by atoms with Crippen LogP contribution in [0, 0.1) is 10.8 Å². The Morgan fingerprint density at radius 3 is 2.15 bits per heavy atom. The second-order valence-corrected chi connectivity index (χ2v) is 10.0. The summed E-state index contributed by atoms with van der Waals surface area (Å²) >= 11 is 1.51. The lowest BCUT2D eigenvalue weighted by Crippen LogP contribution is -2.43. The van der Waals surface area contributed by atoms with Crippen molar-refractivity contribution in [3.05, 3.63) is 0 Å². The SMILES string of the molecule is CC(C)(C)CSC[C@H](NC(=O)CCOCCNC(=O)CC(C)(C)C)C(=O)O. The van der Waals surface area contributed by atoms with E-state index in [2.05, 4.69) is 31.4 Å². The Bertz CT molecular complexity index is 483. The number of hydrogen-bond acceptors (Lipinski definition) is 5. The van der Waals surface area contributed by atoms with Crippen LogP contribution in [0.5, 0.6) is 0 Å². The predicted molar refractivity (Wildman–Crippen MR) is 109 cm³/mol. The van der Waals surface area contributed by atoms with Crippen LogP contribution in [-0.4, -0.2) is 60.2 Å². The van der Waals surface area contributed by atoms with E-state index in [0.29, 0.717) is 25.3 Å². The highest BCUT2D eigenvalue weighted by atomic mass is 32.2. The molecule has 27 heavy (non-hydrogen) atoms.